The summed E-state index contributed by atoms with van der Waals surface area (Å²) < 4.78 is 0. The minimum Gasteiger partial charge on any atom is -0.396 e. The highest BCUT2D eigenvalue weighted by atomic mass is 16.3. The van der Waals surface area contributed by atoms with Crippen molar-refractivity contribution in [3.8, 4) is 0 Å². The smallest absolute Gasteiger partial charge is 0.0436 e. The number of rotatable bonds is 3. The van der Waals surface area contributed by atoms with Crippen LogP contribution in [0, 0.1) is 11.3 Å². The lowest BCUT2D eigenvalue weighted by Crippen LogP contribution is -2.20. The van der Waals surface area contributed by atoms with E-state index in [1.165, 1.54) is 0 Å². The summed E-state index contributed by atoms with van der Waals surface area (Å²) in [5.74, 6) is 0.657. The van der Waals surface area contributed by atoms with Crippen molar-refractivity contribution >= 4 is 0 Å². The second kappa shape index (κ2) is 3.21. The average molecular weight is 130 g/mol. The summed E-state index contributed by atoms with van der Waals surface area (Å²) in [4.78, 5) is 0. The number of aliphatic hydroxyl groups excluding tert-OH is 1. The van der Waals surface area contributed by atoms with Crippen LogP contribution < -0.4 is 0 Å². The number of hydrogen-bond donors (Lipinski definition) is 1. The summed E-state index contributed by atoms with van der Waals surface area (Å²) in [5.41, 5.74) is 0.300. The van der Waals surface area contributed by atoms with Gasteiger partial charge in [-0.15, -0.1) is 0 Å². The Hall–Kier alpha value is -0.0400. The largest absolute Gasteiger partial charge is 0.396 e. The van der Waals surface area contributed by atoms with Crippen molar-refractivity contribution in [1.82, 2.24) is 0 Å². The van der Waals surface area contributed by atoms with E-state index in [-0.39, 0.29) is 0 Å². The lowest BCUT2D eigenvalue weighted by molar-refractivity contribution is 0.164. The van der Waals surface area contributed by atoms with Gasteiger partial charge in [-0.05, 0) is 17.8 Å². The van der Waals surface area contributed by atoms with Gasteiger partial charge in [-0.1, -0.05) is 27.7 Å². The van der Waals surface area contributed by atoms with Gasteiger partial charge in [0.05, 0.1) is 0 Å². The van der Waals surface area contributed by atoms with Crippen molar-refractivity contribution in [2.45, 2.75) is 34.1 Å². The Morgan fingerprint density at radius 2 is 1.78 bits per heavy atom. The molecule has 9 heavy (non-hydrogen) atoms. The Morgan fingerprint density at radius 3 is 1.89 bits per heavy atom. The van der Waals surface area contributed by atoms with E-state index in [1.807, 2.05) is 0 Å². The molecule has 0 aliphatic heterocycles. The molecule has 0 aromatic heterocycles. The van der Waals surface area contributed by atoms with Crippen LogP contribution in [0.2, 0.25) is 0 Å². The quantitative estimate of drug-likeness (QED) is 0.620. The van der Waals surface area contributed by atoms with E-state index in [4.69, 9.17) is 5.11 Å². The van der Waals surface area contributed by atoms with Gasteiger partial charge in [-0.2, -0.15) is 0 Å². The lowest BCUT2D eigenvalue weighted by atomic mass is 9.79. The number of aliphatic hydroxyl groups is 1. The molecule has 0 heterocycles. The fourth-order valence-electron chi connectivity index (χ4n) is 0.577. The zero-order valence-corrected chi connectivity index (χ0v) is 6.94. The average Bonchev–Trinajstić information content (AvgIpc) is 1.65. The van der Waals surface area contributed by atoms with Crippen LogP contribution in [0.25, 0.3) is 0 Å². The minimum absolute atomic E-state index is 0.300. The first-order chi connectivity index (χ1) is 4.00. The molecular formula is C8H18O. The van der Waals surface area contributed by atoms with Crippen LogP contribution in [0.15, 0.2) is 0 Å². The highest BCUT2D eigenvalue weighted by Crippen LogP contribution is 2.29. The Balaban J connectivity index is 3.70. The Labute approximate surface area is 58.1 Å². The molecule has 0 radical (unpaired) electrons. The van der Waals surface area contributed by atoms with Gasteiger partial charge in [0.25, 0.3) is 0 Å². The predicted octanol–water partition coefficient (Wildman–Crippen LogP) is 2.05. The minimum atomic E-state index is 0.300. The molecule has 0 aliphatic carbocycles. The maximum absolute atomic E-state index is 8.65. The zero-order valence-electron chi connectivity index (χ0n) is 6.94. The molecule has 0 saturated carbocycles. The molecule has 0 aliphatic rings. The highest BCUT2D eigenvalue weighted by molar-refractivity contribution is 4.71. The maximum Gasteiger partial charge on any atom is 0.0436 e. The third kappa shape index (κ3) is 2.85. The standard InChI is InChI=1S/C8H18O/c1-7(2)8(3,4)5-6-9/h7,9H,5-6H2,1-4H3. The van der Waals surface area contributed by atoms with Crippen molar-refractivity contribution < 1.29 is 5.11 Å². The molecule has 0 aromatic carbocycles. The molecule has 1 heteroatoms. The van der Waals surface area contributed by atoms with Crippen LogP contribution in [0.1, 0.15) is 34.1 Å². The van der Waals surface area contributed by atoms with E-state index in [2.05, 4.69) is 27.7 Å². The van der Waals surface area contributed by atoms with E-state index in [1.54, 1.807) is 0 Å². The van der Waals surface area contributed by atoms with Gasteiger partial charge in [0.1, 0.15) is 0 Å². The summed E-state index contributed by atoms with van der Waals surface area (Å²) in [7, 11) is 0. The van der Waals surface area contributed by atoms with E-state index in [0.29, 0.717) is 17.9 Å². The van der Waals surface area contributed by atoms with Crippen molar-refractivity contribution in [1.29, 1.82) is 0 Å². The molecular weight excluding hydrogens is 112 g/mol. The van der Waals surface area contributed by atoms with E-state index < -0.39 is 0 Å². The molecule has 0 spiro atoms. The van der Waals surface area contributed by atoms with Crippen LogP contribution in [0.5, 0.6) is 0 Å². The van der Waals surface area contributed by atoms with Gasteiger partial charge in [-0.3, -0.25) is 0 Å². The van der Waals surface area contributed by atoms with Gasteiger partial charge >= 0.3 is 0 Å². The molecule has 0 aromatic rings. The zero-order chi connectivity index (χ0) is 7.49. The molecule has 0 bridgehead atoms. The normalized spacial score (nSPS) is 12.7. The summed E-state index contributed by atoms with van der Waals surface area (Å²) >= 11 is 0. The monoisotopic (exact) mass is 130 g/mol. The van der Waals surface area contributed by atoms with Crippen LogP contribution in [-0.4, -0.2) is 11.7 Å². The summed E-state index contributed by atoms with van der Waals surface area (Å²) in [6.45, 7) is 9.07. The second-order valence-corrected chi connectivity index (χ2v) is 3.62. The summed E-state index contributed by atoms with van der Waals surface area (Å²) in [5, 5.41) is 8.65. The molecule has 1 N–H and O–H groups in total. The van der Waals surface area contributed by atoms with E-state index in [0.717, 1.165) is 6.42 Å². The third-order valence-corrected chi connectivity index (χ3v) is 2.32. The predicted molar refractivity (Wildman–Crippen MR) is 40.3 cm³/mol. The van der Waals surface area contributed by atoms with Gasteiger partial charge in [0.15, 0.2) is 0 Å². The molecule has 0 amide bonds. The molecule has 56 valence electrons. The number of hydrogen-bond acceptors (Lipinski definition) is 1. The van der Waals surface area contributed by atoms with Crippen molar-refractivity contribution in [2.75, 3.05) is 6.61 Å². The summed E-state index contributed by atoms with van der Waals surface area (Å²) in [6.07, 6.45) is 0.907. The van der Waals surface area contributed by atoms with Crippen molar-refractivity contribution in [2.24, 2.45) is 11.3 Å². The van der Waals surface area contributed by atoms with Crippen LogP contribution in [0.4, 0.5) is 0 Å². The fourth-order valence-corrected chi connectivity index (χ4v) is 0.577. The summed E-state index contributed by atoms with van der Waals surface area (Å²) in [6, 6.07) is 0. The van der Waals surface area contributed by atoms with E-state index in [9.17, 15) is 0 Å². The van der Waals surface area contributed by atoms with Gasteiger partial charge < -0.3 is 5.11 Å². The van der Waals surface area contributed by atoms with Gasteiger partial charge in [0.2, 0.25) is 0 Å². The van der Waals surface area contributed by atoms with Crippen molar-refractivity contribution in [3.05, 3.63) is 0 Å². The molecule has 0 rings (SSSR count). The third-order valence-electron chi connectivity index (χ3n) is 2.32. The fraction of sp³-hybridized carbons (Fsp3) is 1.00. The molecule has 1 nitrogen and oxygen atoms in total. The first-order valence-corrected chi connectivity index (χ1v) is 3.61. The Kier molecular flexibility index (Phi) is 3.20. The first-order valence-electron chi connectivity index (χ1n) is 3.61. The van der Waals surface area contributed by atoms with Crippen LogP contribution >= 0.6 is 0 Å². The topological polar surface area (TPSA) is 20.2 Å². The Bertz CT molecular complexity index is 74.6. The lowest BCUT2D eigenvalue weighted by Gasteiger charge is -2.27. The molecule has 0 atom stereocenters. The molecule has 0 unspecified atom stereocenters. The second-order valence-electron chi connectivity index (χ2n) is 3.62. The van der Waals surface area contributed by atoms with Crippen molar-refractivity contribution in [3.63, 3.8) is 0 Å². The van der Waals surface area contributed by atoms with Crippen LogP contribution in [0.3, 0.4) is 0 Å². The first kappa shape index (κ1) is 8.96. The van der Waals surface area contributed by atoms with Gasteiger partial charge in [-0.25, -0.2) is 0 Å². The van der Waals surface area contributed by atoms with E-state index >= 15 is 0 Å². The molecule has 0 fully saturated rings. The van der Waals surface area contributed by atoms with Crippen LogP contribution in [-0.2, 0) is 0 Å². The molecule has 0 saturated heterocycles. The van der Waals surface area contributed by atoms with Gasteiger partial charge in [0, 0.05) is 6.61 Å². The maximum atomic E-state index is 8.65. The SMILES string of the molecule is CC(C)C(C)(C)CCO. The highest BCUT2D eigenvalue weighted by Gasteiger charge is 2.20. The Morgan fingerprint density at radius 1 is 1.33 bits per heavy atom.